The minimum Gasteiger partial charge on any atom is -0.465 e. The Bertz CT molecular complexity index is 892. The van der Waals surface area contributed by atoms with E-state index in [2.05, 4.69) is 10.3 Å². The number of amides is 4. The standard InChI is InChI=1S/C17H19N5O4/c23-14-5-8-22(16(24)19-14)15-10-18-13-9-11(4-7-21(13)15)12-3-1-2-6-20(12)17(25)26/h4,7,9-10,12H,1-3,5-6,8H2,(H,25,26)(H,19,23,24). The molecular weight excluding hydrogens is 338 g/mol. The number of nitrogens with zero attached hydrogens (tertiary/aromatic N) is 4. The first-order valence-electron chi connectivity index (χ1n) is 8.62. The van der Waals surface area contributed by atoms with Crippen LogP contribution in [0, 0.1) is 0 Å². The fraction of sp³-hybridized carbons (Fsp3) is 0.412. The van der Waals surface area contributed by atoms with Crippen molar-refractivity contribution in [1.82, 2.24) is 19.6 Å². The maximum absolute atomic E-state index is 12.1. The highest BCUT2D eigenvalue weighted by molar-refractivity contribution is 6.05. The van der Waals surface area contributed by atoms with Crippen LogP contribution in [0.15, 0.2) is 24.5 Å². The molecule has 0 spiro atoms. The number of hydrogen-bond acceptors (Lipinski definition) is 4. The summed E-state index contributed by atoms with van der Waals surface area (Å²) in [6.07, 6.45) is 5.37. The Morgan fingerprint density at radius 1 is 1.27 bits per heavy atom. The Labute approximate surface area is 149 Å². The van der Waals surface area contributed by atoms with E-state index in [1.165, 1.54) is 9.80 Å². The average Bonchev–Trinajstić information content (AvgIpc) is 3.04. The third-order valence-corrected chi connectivity index (χ3v) is 4.98. The van der Waals surface area contributed by atoms with E-state index in [-0.39, 0.29) is 18.4 Å². The minimum absolute atomic E-state index is 0.178. The maximum atomic E-state index is 12.1. The molecule has 136 valence electrons. The Morgan fingerprint density at radius 2 is 2.12 bits per heavy atom. The zero-order valence-corrected chi connectivity index (χ0v) is 14.1. The van der Waals surface area contributed by atoms with E-state index >= 15 is 0 Å². The molecule has 0 radical (unpaired) electrons. The van der Waals surface area contributed by atoms with Crippen molar-refractivity contribution in [2.75, 3.05) is 18.0 Å². The molecule has 26 heavy (non-hydrogen) atoms. The van der Waals surface area contributed by atoms with E-state index in [9.17, 15) is 19.5 Å². The molecule has 2 aliphatic heterocycles. The van der Waals surface area contributed by atoms with Crippen LogP contribution in [0.5, 0.6) is 0 Å². The molecule has 1 atom stereocenters. The number of carbonyl (C=O) groups is 3. The lowest BCUT2D eigenvalue weighted by Crippen LogP contribution is -2.50. The second-order valence-corrected chi connectivity index (χ2v) is 6.55. The van der Waals surface area contributed by atoms with Crippen LogP contribution in [-0.2, 0) is 4.79 Å². The number of imidazole rings is 1. The second-order valence-electron chi connectivity index (χ2n) is 6.55. The number of fused-ring (bicyclic) bond motifs is 1. The highest BCUT2D eigenvalue weighted by atomic mass is 16.4. The molecule has 0 bridgehead atoms. The van der Waals surface area contributed by atoms with Gasteiger partial charge in [0.2, 0.25) is 5.91 Å². The molecule has 0 saturated carbocycles. The Balaban J connectivity index is 1.66. The summed E-state index contributed by atoms with van der Waals surface area (Å²) in [4.78, 5) is 42.2. The van der Waals surface area contributed by atoms with E-state index in [4.69, 9.17) is 0 Å². The van der Waals surface area contributed by atoms with Crippen LogP contribution in [0.1, 0.15) is 37.3 Å². The first-order chi connectivity index (χ1) is 12.5. The predicted molar refractivity (Wildman–Crippen MR) is 92.0 cm³/mol. The van der Waals surface area contributed by atoms with Crippen molar-refractivity contribution in [1.29, 1.82) is 0 Å². The molecule has 0 aliphatic carbocycles. The van der Waals surface area contributed by atoms with Gasteiger partial charge in [-0.25, -0.2) is 14.6 Å². The number of urea groups is 1. The Hall–Kier alpha value is -3.10. The first-order valence-corrected chi connectivity index (χ1v) is 8.62. The Morgan fingerprint density at radius 3 is 2.88 bits per heavy atom. The molecule has 2 fully saturated rings. The van der Waals surface area contributed by atoms with Gasteiger partial charge in [-0.05, 0) is 37.0 Å². The minimum atomic E-state index is -0.909. The largest absolute Gasteiger partial charge is 0.465 e. The topological polar surface area (TPSA) is 107 Å². The van der Waals surface area contributed by atoms with Gasteiger partial charge in [-0.1, -0.05) is 0 Å². The zero-order valence-electron chi connectivity index (χ0n) is 14.1. The molecule has 4 rings (SSSR count). The van der Waals surface area contributed by atoms with Crippen molar-refractivity contribution in [2.45, 2.75) is 31.7 Å². The molecule has 9 heteroatoms. The molecule has 2 aromatic rings. The molecule has 1 unspecified atom stereocenters. The molecule has 2 saturated heterocycles. The van der Waals surface area contributed by atoms with Crippen molar-refractivity contribution in [3.8, 4) is 0 Å². The monoisotopic (exact) mass is 357 g/mol. The zero-order chi connectivity index (χ0) is 18.3. The van der Waals surface area contributed by atoms with Crippen molar-refractivity contribution < 1.29 is 19.5 Å². The molecule has 4 heterocycles. The van der Waals surface area contributed by atoms with E-state index in [1.54, 1.807) is 16.8 Å². The first kappa shape index (κ1) is 16.4. The van der Waals surface area contributed by atoms with Gasteiger partial charge in [-0.15, -0.1) is 0 Å². The number of rotatable bonds is 2. The normalized spacial score (nSPS) is 21.2. The number of nitrogens with one attached hydrogen (secondary N) is 1. The van der Waals surface area contributed by atoms with Gasteiger partial charge in [0, 0.05) is 25.7 Å². The number of likely N-dealkylation sites (tertiary alicyclic amines) is 1. The molecule has 2 aliphatic rings. The highest BCUT2D eigenvalue weighted by Gasteiger charge is 2.29. The third-order valence-electron chi connectivity index (χ3n) is 4.98. The number of pyridine rings is 1. The van der Waals surface area contributed by atoms with Crippen molar-refractivity contribution >= 4 is 29.5 Å². The molecule has 9 nitrogen and oxygen atoms in total. The number of aromatic nitrogens is 2. The summed E-state index contributed by atoms with van der Waals surface area (Å²) >= 11 is 0. The lowest BCUT2D eigenvalue weighted by atomic mass is 9.96. The van der Waals surface area contributed by atoms with Gasteiger partial charge in [-0.2, -0.15) is 0 Å². The predicted octanol–water partition coefficient (Wildman–Crippen LogP) is 1.99. The number of carbonyl (C=O) groups excluding carboxylic acids is 2. The van der Waals surface area contributed by atoms with Crippen molar-refractivity contribution in [3.05, 3.63) is 30.1 Å². The van der Waals surface area contributed by atoms with E-state index in [1.807, 2.05) is 12.1 Å². The Kier molecular flexibility index (Phi) is 3.98. The fourth-order valence-electron chi connectivity index (χ4n) is 3.68. The third kappa shape index (κ3) is 2.75. The van der Waals surface area contributed by atoms with Gasteiger partial charge in [0.05, 0.1) is 12.2 Å². The van der Waals surface area contributed by atoms with Crippen LogP contribution < -0.4 is 10.2 Å². The smallest absolute Gasteiger partial charge is 0.407 e. The number of anilines is 1. The lowest BCUT2D eigenvalue weighted by molar-refractivity contribution is -0.120. The summed E-state index contributed by atoms with van der Waals surface area (Å²) in [5.41, 5.74) is 1.54. The van der Waals surface area contributed by atoms with Gasteiger partial charge in [0.15, 0.2) is 0 Å². The average molecular weight is 357 g/mol. The summed E-state index contributed by atoms with van der Waals surface area (Å²) in [5, 5.41) is 11.7. The van der Waals surface area contributed by atoms with E-state index < -0.39 is 12.1 Å². The van der Waals surface area contributed by atoms with Gasteiger partial charge in [0.25, 0.3) is 0 Å². The summed E-state index contributed by atoms with van der Waals surface area (Å²) in [6, 6.07) is 3.10. The summed E-state index contributed by atoms with van der Waals surface area (Å²) in [6.45, 7) is 0.836. The van der Waals surface area contributed by atoms with Gasteiger partial charge in [0.1, 0.15) is 11.5 Å². The maximum Gasteiger partial charge on any atom is 0.407 e. The number of hydrogen-bond donors (Lipinski definition) is 2. The summed E-state index contributed by atoms with van der Waals surface area (Å²) in [7, 11) is 0. The van der Waals surface area contributed by atoms with Crippen molar-refractivity contribution in [2.24, 2.45) is 0 Å². The van der Waals surface area contributed by atoms with Crippen molar-refractivity contribution in [3.63, 3.8) is 0 Å². The van der Waals surface area contributed by atoms with E-state index in [0.29, 0.717) is 24.6 Å². The van der Waals surface area contributed by atoms with Gasteiger partial charge in [-0.3, -0.25) is 19.4 Å². The van der Waals surface area contributed by atoms with Crippen LogP contribution in [0.2, 0.25) is 0 Å². The molecular formula is C17H19N5O4. The molecule has 2 N–H and O–H groups in total. The van der Waals surface area contributed by atoms with E-state index in [0.717, 1.165) is 24.8 Å². The molecule has 4 amide bonds. The lowest BCUT2D eigenvalue weighted by Gasteiger charge is -2.33. The molecule has 2 aromatic heterocycles. The van der Waals surface area contributed by atoms with Crippen LogP contribution in [0.3, 0.4) is 0 Å². The summed E-state index contributed by atoms with van der Waals surface area (Å²) < 4.78 is 1.77. The number of carboxylic acid groups (broad SMARTS) is 1. The SMILES string of the molecule is O=C1CCN(c2cnc3cc(C4CCCCN4C(=O)O)ccn23)C(=O)N1. The highest BCUT2D eigenvalue weighted by Crippen LogP contribution is 2.32. The number of imide groups is 1. The second kappa shape index (κ2) is 6.32. The molecule has 0 aromatic carbocycles. The van der Waals surface area contributed by atoms with Crippen LogP contribution >= 0.6 is 0 Å². The van der Waals surface area contributed by atoms with Crippen LogP contribution in [0.25, 0.3) is 5.65 Å². The van der Waals surface area contributed by atoms with Gasteiger partial charge >= 0.3 is 12.1 Å². The van der Waals surface area contributed by atoms with Gasteiger partial charge < -0.3 is 10.0 Å². The quantitative estimate of drug-likeness (QED) is 0.855. The van der Waals surface area contributed by atoms with Crippen LogP contribution in [0.4, 0.5) is 15.4 Å². The summed E-state index contributed by atoms with van der Waals surface area (Å²) in [5.74, 6) is 0.295. The number of piperidine rings is 1. The van der Waals surface area contributed by atoms with Crippen LogP contribution in [-0.4, -0.2) is 50.5 Å². The fourth-order valence-corrected chi connectivity index (χ4v) is 3.68.